The zero-order valence-corrected chi connectivity index (χ0v) is 9.75. The number of hydrogen-bond donors (Lipinski definition) is 4. The highest BCUT2D eigenvalue weighted by molar-refractivity contribution is 5.98. The van der Waals surface area contributed by atoms with Crippen LogP contribution in [0.2, 0.25) is 0 Å². The van der Waals surface area contributed by atoms with Crippen LogP contribution in [0.4, 0.5) is 10.5 Å². The van der Waals surface area contributed by atoms with E-state index in [4.69, 9.17) is 5.11 Å². The average Bonchev–Trinajstić information content (AvgIpc) is 2.90. The molecule has 2 rings (SSSR count). The second kappa shape index (κ2) is 5.63. The molecule has 0 aliphatic heterocycles. The molecule has 0 radical (unpaired) electrons. The second-order valence-electron chi connectivity index (χ2n) is 3.59. The second-order valence-corrected chi connectivity index (χ2v) is 3.59. The third kappa shape index (κ3) is 3.28. The zero-order chi connectivity index (χ0) is 13.7. The van der Waals surface area contributed by atoms with Crippen LogP contribution in [-0.2, 0) is 6.54 Å². The molecule has 0 atom stereocenters. The van der Waals surface area contributed by atoms with Crippen molar-refractivity contribution in [3.05, 3.63) is 42.2 Å². The van der Waals surface area contributed by atoms with Gasteiger partial charge < -0.3 is 20.7 Å². The van der Waals surface area contributed by atoms with Crippen molar-refractivity contribution in [2.75, 3.05) is 5.32 Å². The van der Waals surface area contributed by atoms with E-state index in [0.717, 1.165) is 5.69 Å². The van der Waals surface area contributed by atoms with Gasteiger partial charge in [0.15, 0.2) is 5.69 Å². The fourth-order valence-electron chi connectivity index (χ4n) is 1.40. The molecule has 0 bridgehead atoms. The molecule has 2 aromatic rings. The average molecular weight is 261 g/mol. The number of rotatable bonds is 4. The van der Waals surface area contributed by atoms with Gasteiger partial charge in [0.25, 0.3) is 0 Å². The van der Waals surface area contributed by atoms with Crippen molar-refractivity contribution in [1.29, 1.82) is 0 Å². The molecule has 8 nitrogen and oxygen atoms in total. The monoisotopic (exact) mass is 261 g/mol. The molecule has 0 unspecified atom stereocenters. The van der Waals surface area contributed by atoms with Crippen molar-refractivity contribution >= 4 is 17.7 Å². The van der Waals surface area contributed by atoms with Crippen LogP contribution in [0.5, 0.6) is 0 Å². The largest absolute Gasteiger partial charge is 0.476 e. The molecule has 0 aliphatic rings. The van der Waals surface area contributed by atoms with Gasteiger partial charge in [0.05, 0.1) is 24.3 Å². The van der Waals surface area contributed by atoms with Crippen molar-refractivity contribution in [2.45, 2.75) is 6.54 Å². The molecular formula is C11H11N5O3. The molecule has 2 heterocycles. The smallest absolute Gasteiger partial charge is 0.356 e. The minimum Gasteiger partial charge on any atom is -0.476 e. The highest BCUT2D eigenvalue weighted by atomic mass is 16.4. The first kappa shape index (κ1) is 12.6. The Morgan fingerprint density at radius 1 is 1.42 bits per heavy atom. The maximum atomic E-state index is 11.6. The van der Waals surface area contributed by atoms with Crippen molar-refractivity contribution in [2.24, 2.45) is 0 Å². The van der Waals surface area contributed by atoms with Crippen LogP contribution in [0.3, 0.4) is 0 Å². The third-order valence-electron chi connectivity index (χ3n) is 2.25. The van der Waals surface area contributed by atoms with Crippen molar-refractivity contribution in [3.8, 4) is 0 Å². The minimum atomic E-state index is -1.20. The summed E-state index contributed by atoms with van der Waals surface area (Å²) < 4.78 is 0. The van der Waals surface area contributed by atoms with Crippen LogP contribution in [0.25, 0.3) is 0 Å². The summed E-state index contributed by atoms with van der Waals surface area (Å²) in [5.74, 6) is -1.20. The Morgan fingerprint density at radius 3 is 2.95 bits per heavy atom. The number of hydrogen-bond acceptors (Lipinski definition) is 4. The lowest BCUT2D eigenvalue weighted by molar-refractivity contribution is 0.0692. The first-order valence-electron chi connectivity index (χ1n) is 5.37. The van der Waals surface area contributed by atoms with Gasteiger partial charge >= 0.3 is 12.0 Å². The van der Waals surface area contributed by atoms with E-state index in [9.17, 15) is 9.59 Å². The molecule has 8 heteroatoms. The predicted molar refractivity (Wildman–Crippen MR) is 65.6 cm³/mol. The topological polar surface area (TPSA) is 120 Å². The van der Waals surface area contributed by atoms with E-state index in [-0.39, 0.29) is 17.9 Å². The van der Waals surface area contributed by atoms with Gasteiger partial charge in [0.1, 0.15) is 0 Å². The van der Waals surface area contributed by atoms with Crippen molar-refractivity contribution in [3.63, 3.8) is 0 Å². The highest BCUT2D eigenvalue weighted by Gasteiger charge is 2.12. The van der Waals surface area contributed by atoms with E-state index in [1.165, 1.54) is 24.7 Å². The van der Waals surface area contributed by atoms with E-state index >= 15 is 0 Å². The summed E-state index contributed by atoms with van der Waals surface area (Å²) in [6.45, 7) is 0.258. The molecular weight excluding hydrogens is 250 g/mol. The number of carbonyl (C=O) groups is 2. The summed E-state index contributed by atoms with van der Waals surface area (Å²) in [6.07, 6.45) is 4.42. The van der Waals surface area contributed by atoms with Gasteiger partial charge in [-0.25, -0.2) is 19.6 Å². The van der Waals surface area contributed by atoms with Gasteiger partial charge in [-0.3, -0.25) is 0 Å². The van der Waals surface area contributed by atoms with E-state index < -0.39 is 12.0 Å². The summed E-state index contributed by atoms with van der Waals surface area (Å²) in [5, 5.41) is 13.9. The number of imidazole rings is 1. The number of urea groups is 1. The minimum absolute atomic E-state index is 0.136. The number of amides is 2. The number of aromatic amines is 1. The quantitative estimate of drug-likeness (QED) is 0.649. The number of aromatic nitrogens is 3. The lowest BCUT2D eigenvalue weighted by Crippen LogP contribution is -2.29. The number of anilines is 1. The highest BCUT2D eigenvalue weighted by Crippen LogP contribution is 2.11. The first-order valence-corrected chi connectivity index (χ1v) is 5.37. The van der Waals surface area contributed by atoms with Crippen LogP contribution in [-0.4, -0.2) is 32.1 Å². The Morgan fingerprint density at radius 2 is 2.26 bits per heavy atom. The first-order chi connectivity index (χ1) is 9.16. The van der Waals surface area contributed by atoms with Gasteiger partial charge in [-0.2, -0.15) is 0 Å². The normalized spacial score (nSPS) is 9.89. The van der Waals surface area contributed by atoms with Crippen LogP contribution < -0.4 is 10.6 Å². The maximum absolute atomic E-state index is 11.6. The standard InChI is InChI=1S/C11H11N5O3/c17-10(18)9-8(2-1-3-13-9)16-11(19)14-5-7-4-12-6-15-7/h1-4,6H,5H2,(H,12,15)(H,17,18)(H2,14,16,19). The van der Waals surface area contributed by atoms with Crippen LogP contribution in [0.1, 0.15) is 16.2 Å². The summed E-state index contributed by atoms with van der Waals surface area (Å²) >= 11 is 0. The number of aromatic carboxylic acids is 1. The molecule has 2 aromatic heterocycles. The fourth-order valence-corrected chi connectivity index (χ4v) is 1.40. The van der Waals surface area contributed by atoms with E-state index in [2.05, 4.69) is 25.6 Å². The van der Waals surface area contributed by atoms with Gasteiger partial charge in [-0.1, -0.05) is 0 Å². The Kier molecular flexibility index (Phi) is 3.72. The zero-order valence-electron chi connectivity index (χ0n) is 9.75. The molecule has 2 amide bonds. The summed E-state index contributed by atoms with van der Waals surface area (Å²) in [5.41, 5.74) is 0.663. The van der Waals surface area contributed by atoms with Crippen LogP contribution in [0, 0.1) is 0 Å². The number of pyridine rings is 1. The summed E-state index contributed by atoms with van der Waals surface area (Å²) in [7, 11) is 0. The maximum Gasteiger partial charge on any atom is 0.356 e. The van der Waals surface area contributed by atoms with Crippen molar-refractivity contribution in [1.82, 2.24) is 20.3 Å². The third-order valence-corrected chi connectivity index (χ3v) is 2.25. The Bertz CT molecular complexity index is 582. The number of carbonyl (C=O) groups excluding carboxylic acids is 1. The molecule has 98 valence electrons. The van der Waals surface area contributed by atoms with Crippen LogP contribution in [0.15, 0.2) is 30.9 Å². The molecule has 0 aliphatic carbocycles. The van der Waals surface area contributed by atoms with E-state index in [0.29, 0.717) is 0 Å². The van der Waals surface area contributed by atoms with E-state index in [1.807, 2.05) is 0 Å². The van der Waals surface area contributed by atoms with Crippen LogP contribution >= 0.6 is 0 Å². The Labute approximate surface area is 107 Å². The van der Waals surface area contributed by atoms with Gasteiger partial charge in [0, 0.05) is 12.4 Å². The number of nitrogens with one attached hydrogen (secondary N) is 3. The fraction of sp³-hybridized carbons (Fsp3) is 0.0909. The molecule has 0 fully saturated rings. The van der Waals surface area contributed by atoms with E-state index in [1.54, 1.807) is 6.20 Å². The summed E-state index contributed by atoms with van der Waals surface area (Å²) in [4.78, 5) is 32.8. The molecule has 19 heavy (non-hydrogen) atoms. The Hall–Kier alpha value is -2.90. The molecule has 0 spiro atoms. The van der Waals surface area contributed by atoms with Crippen molar-refractivity contribution < 1.29 is 14.7 Å². The lowest BCUT2D eigenvalue weighted by Gasteiger charge is -2.08. The van der Waals surface area contributed by atoms with Gasteiger partial charge in [-0.05, 0) is 12.1 Å². The predicted octanol–water partition coefficient (Wildman–Crippen LogP) is 0.825. The van der Waals surface area contributed by atoms with Gasteiger partial charge in [-0.15, -0.1) is 0 Å². The summed E-state index contributed by atoms with van der Waals surface area (Å²) in [6, 6.07) is 2.48. The molecule has 0 saturated carbocycles. The molecule has 0 aromatic carbocycles. The Balaban J connectivity index is 1.97. The number of nitrogens with zero attached hydrogens (tertiary/aromatic N) is 2. The number of H-pyrrole nitrogens is 1. The molecule has 4 N–H and O–H groups in total. The SMILES string of the molecule is O=C(NCc1cnc[nH]1)Nc1cccnc1C(=O)O. The number of carboxylic acid groups (broad SMARTS) is 1. The van der Waals surface area contributed by atoms with Gasteiger partial charge in [0.2, 0.25) is 0 Å². The lowest BCUT2D eigenvalue weighted by atomic mass is 10.3. The molecule has 0 saturated heterocycles. The number of carboxylic acids is 1.